The van der Waals surface area contributed by atoms with Crippen LogP contribution in [-0.2, 0) is 15.1 Å². The fourth-order valence-corrected chi connectivity index (χ4v) is 12.7. The summed E-state index contributed by atoms with van der Waals surface area (Å²) in [5, 5.41) is 3.61. The molecule has 1 fully saturated rings. The van der Waals surface area contributed by atoms with Crippen molar-refractivity contribution in [2.45, 2.75) is 82.6 Å². The van der Waals surface area contributed by atoms with Gasteiger partial charge in [-0.05, 0) is 59.8 Å². The summed E-state index contributed by atoms with van der Waals surface area (Å²) in [5.74, 6) is 1.04. The van der Waals surface area contributed by atoms with Crippen LogP contribution in [0.4, 0.5) is 5.69 Å². The molecule has 1 unspecified atom stereocenters. The number of fused-ring (bicyclic) bond motifs is 1. The van der Waals surface area contributed by atoms with Crippen LogP contribution >= 0.6 is 11.6 Å². The van der Waals surface area contributed by atoms with Crippen LogP contribution in [0, 0.1) is 0 Å². The van der Waals surface area contributed by atoms with E-state index in [9.17, 15) is 9.59 Å². The molecule has 0 aromatic heterocycles. The van der Waals surface area contributed by atoms with E-state index < -0.39 is 19.9 Å². The van der Waals surface area contributed by atoms with Crippen LogP contribution in [0.2, 0.25) is 21.6 Å². The molecule has 40 heavy (non-hydrogen) atoms. The molecule has 0 spiro atoms. The number of benzene rings is 2. The van der Waals surface area contributed by atoms with Crippen molar-refractivity contribution in [1.82, 2.24) is 9.80 Å². The normalized spacial score (nSPS) is 21.2. The van der Waals surface area contributed by atoms with Crippen LogP contribution in [0.3, 0.4) is 0 Å². The smallest absolute Gasteiger partial charge is 0.258 e. The molecule has 0 saturated carbocycles. The van der Waals surface area contributed by atoms with E-state index >= 15 is 0 Å². The van der Waals surface area contributed by atoms with Gasteiger partial charge in [0.05, 0.1) is 13.2 Å². The first kappa shape index (κ1) is 30.4. The average molecular weight is 586 g/mol. The van der Waals surface area contributed by atoms with E-state index in [-0.39, 0.29) is 11.8 Å². The lowest BCUT2D eigenvalue weighted by Crippen LogP contribution is -2.57. The summed E-state index contributed by atoms with van der Waals surface area (Å²) in [6.07, 6.45) is 1.46. The van der Waals surface area contributed by atoms with Crippen LogP contribution in [0.25, 0.3) is 0 Å². The van der Waals surface area contributed by atoms with E-state index in [4.69, 9.17) is 20.8 Å². The molecule has 2 amide bonds. The number of ether oxygens (including phenoxy) is 1. The Bertz CT molecular complexity index is 1260. The minimum atomic E-state index is -2.23. The van der Waals surface area contributed by atoms with Crippen molar-refractivity contribution in [3.8, 4) is 11.5 Å². The first-order valence-electron chi connectivity index (χ1n) is 14.3. The lowest BCUT2D eigenvalue weighted by molar-refractivity contribution is -0.138. The molecule has 2 atom stereocenters. The molecule has 0 radical (unpaired) electrons. The summed E-state index contributed by atoms with van der Waals surface area (Å²) in [7, 11) is 2.90. The Balaban J connectivity index is 1.94. The van der Waals surface area contributed by atoms with Gasteiger partial charge in [-0.15, -0.1) is 0 Å². The minimum absolute atomic E-state index is 0.0272. The van der Waals surface area contributed by atoms with Gasteiger partial charge in [0, 0.05) is 48.5 Å². The van der Waals surface area contributed by atoms with Crippen molar-refractivity contribution < 1.29 is 18.8 Å². The summed E-state index contributed by atoms with van der Waals surface area (Å²) in [5.41, 5.74) is 2.01. The van der Waals surface area contributed by atoms with E-state index in [0.717, 1.165) is 17.7 Å². The Labute approximate surface area is 245 Å². The van der Waals surface area contributed by atoms with Gasteiger partial charge in [0.2, 0.25) is 5.91 Å². The molecule has 2 aliphatic rings. The van der Waals surface area contributed by atoms with Gasteiger partial charge in [-0.1, -0.05) is 53.1 Å². The quantitative estimate of drug-likeness (QED) is 0.334. The van der Waals surface area contributed by atoms with Gasteiger partial charge in [-0.25, -0.2) is 0 Å². The number of likely N-dealkylation sites (tertiary alicyclic amines) is 1. The summed E-state index contributed by atoms with van der Waals surface area (Å²) in [6.45, 7) is 14.1. The molecule has 9 heteroatoms. The number of hydrogen-bond donors (Lipinski definition) is 1. The van der Waals surface area contributed by atoms with Gasteiger partial charge >= 0.3 is 0 Å². The molecular weight excluding hydrogens is 542 g/mol. The number of amides is 2. The van der Waals surface area contributed by atoms with E-state index in [0.29, 0.717) is 51.6 Å². The molecule has 218 valence electrons. The molecule has 2 aromatic carbocycles. The maximum Gasteiger partial charge on any atom is 0.258 e. The lowest BCUT2D eigenvalue weighted by Gasteiger charge is -2.43. The first-order valence-corrected chi connectivity index (χ1v) is 16.8. The predicted molar refractivity (Wildman–Crippen MR) is 164 cm³/mol. The number of anilines is 1. The van der Waals surface area contributed by atoms with Crippen molar-refractivity contribution in [3.63, 3.8) is 0 Å². The number of hydrogen-bond acceptors (Lipinski definition) is 5. The van der Waals surface area contributed by atoms with E-state index in [1.807, 2.05) is 35.2 Å². The van der Waals surface area contributed by atoms with Gasteiger partial charge in [-0.3, -0.25) is 14.5 Å². The standard InChI is InChI=1S/C31H44ClN3O4Si/c1-19(2)40(20(3)4,21(5)6)39-23-13-14-24(28(18-23)38-9)31(35-16-10-11-27(35)29(36)34(7)8)25-17-22(32)12-15-26(25)33-30(31)37/h12-15,17-21,27H,10-11,16H2,1-9H3,(H,33,37)/t27-,31?/m0/s1. The SMILES string of the molecule is COc1cc(O[Si](C(C)C)(C(C)C)C(C)C)ccc1C1(N2CCC[C@H]2C(=O)N(C)C)C(=O)Nc2ccc(Cl)cc21. The van der Waals surface area contributed by atoms with Gasteiger partial charge in [0.25, 0.3) is 14.2 Å². The second-order valence-corrected chi connectivity index (χ2v) is 18.0. The number of carbonyl (C=O) groups excluding carboxylic acids is 2. The molecule has 4 rings (SSSR count). The van der Waals surface area contributed by atoms with E-state index in [1.54, 1.807) is 32.2 Å². The summed E-state index contributed by atoms with van der Waals surface area (Å²) in [6, 6.07) is 10.8. The third-order valence-corrected chi connectivity index (χ3v) is 15.2. The Morgan fingerprint density at radius 1 is 1.05 bits per heavy atom. The number of carbonyl (C=O) groups is 2. The van der Waals surface area contributed by atoms with Crippen LogP contribution in [0.15, 0.2) is 36.4 Å². The third kappa shape index (κ3) is 4.72. The zero-order valence-corrected chi connectivity index (χ0v) is 27.1. The lowest BCUT2D eigenvalue weighted by atomic mass is 9.80. The number of methoxy groups -OCH3 is 1. The Kier molecular flexibility index (Phi) is 8.65. The molecule has 2 heterocycles. The number of nitrogens with one attached hydrogen (secondary N) is 1. The number of halogens is 1. The number of nitrogens with zero attached hydrogens (tertiary/aromatic N) is 2. The highest BCUT2D eigenvalue weighted by molar-refractivity contribution is 6.78. The van der Waals surface area contributed by atoms with E-state index in [2.05, 4.69) is 46.9 Å². The van der Waals surface area contributed by atoms with Crippen molar-refractivity contribution in [2.24, 2.45) is 0 Å². The number of rotatable bonds is 9. The van der Waals surface area contributed by atoms with Crippen molar-refractivity contribution in [2.75, 3.05) is 33.1 Å². The third-order valence-electron chi connectivity index (χ3n) is 8.92. The fraction of sp³-hybridized carbons (Fsp3) is 0.548. The molecule has 7 nitrogen and oxygen atoms in total. The zero-order chi connectivity index (χ0) is 29.6. The molecular formula is C31H44ClN3O4Si. The van der Waals surface area contributed by atoms with Crippen molar-refractivity contribution in [3.05, 3.63) is 52.5 Å². The van der Waals surface area contributed by atoms with Crippen LogP contribution in [0.5, 0.6) is 11.5 Å². The Hall–Kier alpha value is -2.55. The first-order chi connectivity index (χ1) is 18.8. The molecule has 2 aromatic rings. The zero-order valence-electron chi connectivity index (χ0n) is 25.3. The van der Waals surface area contributed by atoms with Crippen LogP contribution in [0.1, 0.15) is 65.5 Å². The summed E-state index contributed by atoms with van der Waals surface area (Å²) < 4.78 is 13.0. The van der Waals surface area contributed by atoms with E-state index in [1.165, 1.54) is 0 Å². The highest BCUT2D eigenvalue weighted by Crippen LogP contribution is 2.52. The van der Waals surface area contributed by atoms with Crippen LogP contribution < -0.4 is 14.5 Å². The van der Waals surface area contributed by atoms with Crippen molar-refractivity contribution >= 4 is 37.4 Å². The van der Waals surface area contributed by atoms with Crippen LogP contribution in [-0.4, -0.2) is 63.7 Å². The molecule has 0 bridgehead atoms. The van der Waals surface area contributed by atoms with Gasteiger partial charge in [-0.2, -0.15) is 0 Å². The fourth-order valence-electron chi connectivity index (χ4n) is 7.28. The summed E-state index contributed by atoms with van der Waals surface area (Å²) in [4.78, 5) is 31.3. The molecule has 1 saturated heterocycles. The number of likely N-dealkylation sites (N-methyl/N-ethyl adjacent to an activating group) is 1. The highest BCUT2D eigenvalue weighted by Gasteiger charge is 2.58. The monoisotopic (exact) mass is 585 g/mol. The maximum absolute atomic E-state index is 14.2. The second-order valence-electron chi connectivity index (χ2n) is 12.2. The topological polar surface area (TPSA) is 71.1 Å². The predicted octanol–water partition coefficient (Wildman–Crippen LogP) is 6.65. The molecule has 1 N–H and O–H groups in total. The summed E-state index contributed by atoms with van der Waals surface area (Å²) >= 11 is 6.52. The van der Waals surface area contributed by atoms with Gasteiger partial charge in [0.15, 0.2) is 5.54 Å². The minimum Gasteiger partial charge on any atom is -0.543 e. The van der Waals surface area contributed by atoms with Gasteiger partial charge in [0.1, 0.15) is 11.5 Å². The molecule has 0 aliphatic carbocycles. The largest absolute Gasteiger partial charge is 0.543 e. The van der Waals surface area contributed by atoms with Gasteiger partial charge < -0.3 is 19.4 Å². The van der Waals surface area contributed by atoms with Crippen molar-refractivity contribution in [1.29, 1.82) is 0 Å². The molecule has 2 aliphatic heterocycles. The second kappa shape index (κ2) is 11.4. The maximum atomic E-state index is 14.2. The Morgan fingerprint density at radius 3 is 2.27 bits per heavy atom. The highest BCUT2D eigenvalue weighted by atomic mass is 35.5. The average Bonchev–Trinajstić information content (AvgIpc) is 3.48. The Morgan fingerprint density at radius 2 is 1.70 bits per heavy atom.